The van der Waals surface area contributed by atoms with Crippen LogP contribution < -0.4 is 10.2 Å². The first-order valence-corrected chi connectivity index (χ1v) is 13.3. The molecule has 0 saturated carbocycles. The topological polar surface area (TPSA) is 94.3 Å². The maximum Gasteiger partial charge on any atom is 0.418 e. The van der Waals surface area contributed by atoms with Crippen molar-refractivity contribution in [2.24, 2.45) is 0 Å². The minimum absolute atomic E-state index is 0.0907. The Labute approximate surface area is 230 Å². The highest BCUT2D eigenvalue weighted by Crippen LogP contribution is 2.27. The lowest BCUT2D eigenvalue weighted by Crippen LogP contribution is -2.35. The standard InChI is InChI=1S/C28H30ClFN6O3/c1-28(2,3)39-27(38)34-14-12-18-15-20(9-11-23(18)34)36(26(37)31-19-8-10-22(30)21(29)16-19)17-25-33-32-24-7-5-4-6-13-35(24)25/h8-12,14-16H,4-7,13,17H2,1-3H3,(H,31,37). The first-order valence-electron chi connectivity index (χ1n) is 12.9. The van der Waals surface area contributed by atoms with Crippen LogP contribution in [-0.4, -0.2) is 37.1 Å². The fourth-order valence-electron chi connectivity index (χ4n) is 4.62. The average Bonchev–Trinajstić information content (AvgIpc) is 3.39. The van der Waals surface area contributed by atoms with Gasteiger partial charge < -0.3 is 14.6 Å². The Balaban J connectivity index is 1.49. The Kier molecular flexibility index (Phi) is 7.31. The molecule has 4 aromatic rings. The van der Waals surface area contributed by atoms with Gasteiger partial charge in [-0.05, 0) is 76.1 Å². The lowest BCUT2D eigenvalue weighted by molar-refractivity contribution is 0.0544. The lowest BCUT2D eigenvalue weighted by atomic mass is 10.2. The number of amides is 2. The van der Waals surface area contributed by atoms with Gasteiger partial charge in [-0.3, -0.25) is 9.47 Å². The predicted octanol–water partition coefficient (Wildman–Crippen LogP) is 6.77. The number of benzene rings is 2. The van der Waals surface area contributed by atoms with Crippen LogP contribution in [0.4, 0.5) is 25.4 Å². The molecule has 0 fully saturated rings. The summed E-state index contributed by atoms with van der Waals surface area (Å²) in [5.74, 6) is 1.02. The van der Waals surface area contributed by atoms with E-state index in [1.807, 2.05) is 26.8 Å². The minimum Gasteiger partial charge on any atom is -0.443 e. The molecule has 0 spiro atoms. The van der Waals surface area contributed by atoms with E-state index in [9.17, 15) is 14.0 Å². The van der Waals surface area contributed by atoms with E-state index in [0.717, 1.165) is 43.4 Å². The molecule has 0 bridgehead atoms. The number of ether oxygens (including phenoxy) is 1. The van der Waals surface area contributed by atoms with Crippen molar-refractivity contribution < 1.29 is 18.7 Å². The summed E-state index contributed by atoms with van der Waals surface area (Å²) in [4.78, 5) is 27.9. The van der Waals surface area contributed by atoms with E-state index < -0.39 is 23.5 Å². The number of fused-ring (bicyclic) bond motifs is 2. The third-order valence-electron chi connectivity index (χ3n) is 6.48. The first kappa shape index (κ1) is 26.7. The monoisotopic (exact) mass is 552 g/mol. The molecule has 1 N–H and O–H groups in total. The van der Waals surface area contributed by atoms with Crippen LogP contribution >= 0.6 is 11.6 Å². The van der Waals surface area contributed by atoms with Gasteiger partial charge in [-0.25, -0.2) is 14.0 Å². The van der Waals surface area contributed by atoms with Gasteiger partial charge in [0, 0.05) is 35.9 Å². The molecule has 0 unspecified atom stereocenters. The maximum atomic E-state index is 13.7. The Morgan fingerprint density at radius 1 is 1.10 bits per heavy atom. The van der Waals surface area contributed by atoms with Crippen molar-refractivity contribution in [3.8, 4) is 0 Å². The zero-order valence-corrected chi connectivity index (χ0v) is 22.8. The number of nitrogens with one attached hydrogen (secondary N) is 1. The molecule has 11 heteroatoms. The summed E-state index contributed by atoms with van der Waals surface area (Å²) in [5, 5.41) is 12.2. The molecule has 3 heterocycles. The highest BCUT2D eigenvalue weighted by Gasteiger charge is 2.24. The third kappa shape index (κ3) is 5.90. The molecular formula is C28H30ClFN6O3. The Hall–Kier alpha value is -3.92. The number of hydrogen-bond acceptors (Lipinski definition) is 5. The molecule has 5 rings (SSSR count). The largest absolute Gasteiger partial charge is 0.443 e. The average molecular weight is 553 g/mol. The summed E-state index contributed by atoms with van der Waals surface area (Å²) >= 11 is 5.94. The molecule has 2 amide bonds. The second kappa shape index (κ2) is 10.7. The van der Waals surface area contributed by atoms with Crippen LogP contribution in [0.25, 0.3) is 10.9 Å². The number of anilines is 2. The molecule has 2 aromatic carbocycles. The Bertz CT molecular complexity index is 1540. The summed E-state index contributed by atoms with van der Waals surface area (Å²) in [7, 11) is 0. The van der Waals surface area contributed by atoms with Crippen molar-refractivity contribution in [3.05, 3.63) is 71.2 Å². The molecule has 9 nitrogen and oxygen atoms in total. The number of halogens is 2. The molecular weight excluding hydrogens is 523 g/mol. The molecule has 0 atom stereocenters. The first-order chi connectivity index (χ1) is 18.6. The molecule has 0 saturated heterocycles. The minimum atomic E-state index is -0.637. The maximum absolute atomic E-state index is 13.7. The van der Waals surface area contributed by atoms with Gasteiger partial charge in [0.1, 0.15) is 17.2 Å². The van der Waals surface area contributed by atoms with Gasteiger partial charge in [-0.2, -0.15) is 0 Å². The van der Waals surface area contributed by atoms with E-state index in [-0.39, 0.29) is 11.6 Å². The number of carbonyl (C=O) groups is 2. The predicted molar refractivity (Wildman–Crippen MR) is 148 cm³/mol. The summed E-state index contributed by atoms with van der Waals surface area (Å²) in [5.41, 5.74) is 0.951. The number of carbonyl (C=O) groups excluding carboxylic acids is 2. The van der Waals surface area contributed by atoms with E-state index in [2.05, 4.69) is 20.1 Å². The van der Waals surface area contributed by atoms with Crippen molar-refractivity contribution >= 4 is 46.0 Å². The molecule has 0 radical (unpaired) electrons. The zero-order chi connectivity index (χ0) is 27.7. The number of hydrogen-bond donors (Lipinski definition) is 1. The highest BCUT2D eigenvalue weighted by atomic mass is 35.5. The molecule has 1 aliphatic heterocycles. The van der Waals surface area contributed by atoms with Crippen LogP contribution in [0, 0.1) is 5.82 Å². The van der Waals surface area contributed by atoms with Gasteiger partial charge in [-0.15, -0.1) is 10.2 Å². The molecule has 39 heavy (non-hydrogen) atoms. The lowest BCUT2D eigenvalue weighted by Gasteiger charge is -2.24. The molecule has 0 aliphatic carbocycles. The smallest absolute Gasteiger partial charge is 0.418 e. The van der Waals surface area contributed by atoms with Crippen molar-refractivity contribution in [3.63, 3.8) is 0 Å². The van der Waals surface area contributed by atoms with Crippen LogP contribution in [0.15, 0.2) is 48.7 Å². The number of urea groups is 1. The number of aromatic nitrogens is 4. The van der Waals surface area contributed by atoms with Crippen LogP contribution in [0.5, 0.6) is 0 Å². The summed E-state index contributed by atoms with van der Waals surface area (Å²) in [6.07, 6.45) is 5.19. The van der Waals surface area contributed by atoms with Gasteiger partial charge in [0.05, 0.1) is 17.1 Å². The number of rotatable bonds is 4. The Morgan fingerprint density at radius 3 is 2.69 bits per heavy atom. The number of aryl methyl sites for hydroxylation is 1. The van der Waals surface area contributed by atoms with Gasteiger partial charge in [-0.1, -0.05) is 18.0 Å². The second-order valence-corrected chi connectivity index (χ2v) is 11.0. The SMILES string of the molecule is CC(C)(C)OC(=O)n1ccc2cc(N(Cc3nnc4n3CCCCC4)C(=O)Nc3ccc(F)c(Cl)c3)ccc21. The van der Waals surface area contributed by atoms with Crippen molar-refractivity contribution in [1.82, 2.24) is 19.3 Å². The van der Waals surface area contributed by atoms with E-state index in [0.29, 0.717) is 22.7 Å². The van der Waals surface area contributed by atoms with E-state index in [1.54, 1.807) is 29.3 Å². The van der Waals surface area contributed by atoms with Crippen molar-refractivity contribution in [1.29, 1.82) is 0 Å². The quantitative estimate of drug-likeness (QED) is 0.301. The van der Waals surface area contributed by atoms with Gasteiger partial charge in [0.25, 0.3) is 0 Å². The van der Waals surface area contributed by atoms with Crippen LogP contribution in [-0.2, 0) is 24.2 Å². The molecule has 204 valence electrons. The van der Waals surface area contributed by atoms with Gasteiger partial charge in [0.2, 0.25) is 0 Å². The summed E-state index contributed by atoms with van der Waals surface area (Å²) in [6.45, 7) is 6.38. The normalized spacial score (nSPS) is 13.6. The fourth-order valence-corrected chi connectivity index (χ4v) is 4.80. The number of nitrogens with zero attached hydrogens (tertiary/aromatic N) is 5. The van der Waals surface area contributed by atoms with E-state index >= 15 is 0 Å². The summed E-state index contributed by atoms with van der Waals surface area (Å²) in [6, 6.07) is 10.7. The van der Waals surface area contributed by atoms with Gasteiger partial charge >= 0.3 is 12.1 Å². The Morgan fingerprint density at radius 2 is 1.92 bits per heavy atom. The van der Waals surface area contributed by atoms with Crippen LogP contribution in [0.3, 0.4) is 0 Å². The molecule has 1 aliphatic rings. The highest BCUT2D eigenvalue weighted by molar-refractivity contribution is 6.31. The zero-order valence-electron chi connectivity index (χ0n) is 22.1. The van der Waals surface area contributed by atoms with Crippen molar-refractivity contribution in [2.75, 3.05) is 10.2 Å². The summed E-state index contributed by atoms with van der Waals surface area (Å²) < 4.78 is 22.7. The van der Waals surface area contributed by atoms with Crippen LogP contribution in [0.1, 0.15) is 51.7 Å². The molecule has 2 aromatic heterocycles. The van der Waals surface area contributed by atoms with E-state index in [4.69, 9.17) is 16.3 Å². The van der Waals surface area contributed by atoms with Crippen molar-refractivity contribution in [2.45, 2.75) is 65.1 Å². The van der Waals surface area contributed by atoms with Crippen LogP contribution in [0.2, 0.25) is 5.02 Å². The van der Waals surface area contributed by atoms with Gasteiger partial charge in [0.15, 0.2) is 5.82 Å². The third-order valence-corrected chi connectivity index (χ3v) is 6.77. The second-order valence-electron chi connectivity index (χ2n) is 10.5. The fraction of sp³-hybridized carbons (Fsp3) is 0.357. The van der Waals surface area contributed by atoms with E-state index in [1.165, 1.54) is 22.8 Å².